The number of carbonyl (C=O) groups excluding carboxylic acids is 1. The fraction of sp³-hybridized carbons (Fsp3) is 0.556. The molecule has 76 valence electrons. The molecular formula is C9H13N3OS. The Morgan fingerprint density at radius 1 is 1.79 bits per heavy atom. The van der Waals surface area contributed by atoms with Crippen LogP contribution >= 0.6 is 11.3 Å². The molecule has 0 atom stereocenters. The molecule has 1 aliphatic carbocycles. The Balaban J connectivity index is 1.96. The van der Waals surface area contributed by atoms with E-state index in [4.69, 9.17) is 5.73 Å². The zero-order valence-electron chi connectivity index (χ0n) is 8.06. The number of thiazole rings is 1. The highest BCUT2D eigenvalue weighted by Crippen LogP contribution is 2.34. The van der Waals surface area contributed by atoms with E-state index >= 15 is 0 Å². The number of nitrogens with zero attached hydrogens (tertiary/aromatic N) is 2. The summed E-state index contributed by atoms with van der Waals surface area (Å²) in [5.74, 6) is 0.0349. The number of likely N-dealkylation sites (N-methyl/N-ethyl adjacent to an activating group) is 1. The van der Waals surface area contributed by atoms with Gasteiger partial charge >= 0.3 is 0 Å². The third-order valence-corrected chi connectivity index (χ3v) is 3.18. The molecule has 1 aliphatic rings. The van der Waals surface area contributed by atoms with Crippen LogP contribution in [0.4, 0.5) is 0 Å². The molecule has 5 heteroatoms. The van der Waals surface area contributed by atoms with Crippen molar-refractivity contribution in [3.05, 3.63) is 16.6 Å². The van der Waals surface area contributed by atoms with Crippen LogP contribution in [0.5, 0.6) is 0 Å². The smallest absolute Gasteiger partial charge is 0.242 e. The number of nitrogens with two attached hydrogens (primary N) is 1. The van der Waals surface area contributed by atoms with Crippen LogP contribution in [0, 0.1) is 0 Å². The summed E-state index contributed by atoms with van der Waals surface area (Å²) in [6.07, 6.45) is 3.37. The van der Waals surface area contributed by atoms with E-state index in [1.165, 1.54) is 0 Å². The van der Waals surface area contributed by atoms with Crippen molar-refractivity contribution in [1.29, 1.82) is 0 Å². The topological polar surface area (TPSA) is 59.2 Å². The van der Waals surface area contributed by atoms with E-state index in [9.17, 15) is 4.79 Å². The van der Waals surface area contributed by atoms with Gasteiger partial charge in [-0.15, -0.1) is 11.3 Å². The fourth-order valence-corrected chi connectivity index (χ4v) is 2.00. The summed E-state index contributed by atoms with van der Waals surface area (Å²) in [5.41, 5.74) is 5.25. The molecule has 14 heavy (non-hydrogen) atoms. The van der Waals surface area contributed by atoms with Crippen molar-refractivity contribution in [3.8, 4) is 0 Å². The van der Waals surface area contributed by atoms with E-state index < -0.39 is 5.54 Å². The summed E-state index contributed by atoms with van der Waals surface area (Å²) in [6.45, 7) is 0.565. The normalized spacial score (nSPS) is 17.9. The first-order valence-corrected chi connectivity index (χ1v) is 5.43. The van der Waals surface area contributed by atoms with Crippen LogP contribution in [0.2, 0.25) is 0 Å². The Hall–Kier alpha value is -0.940. The van der Waals surface area contributed by atoms with Crippen molar-refractivity contribution >= 4 is 17.2 Å². The van der Waals surface area contributed by atoms with Crippen LogP contribution in [0.1, 0.15) is 17.8 Å². The molecule has 2 rings (SSSR count). The van der Waals surface area contributed by atoms with Crippen molar-refractivity contribution in [2.45, 2.75) is 24.9 Å². The summed E-state index contributed by atoms with van der Waals surface area (Å²) in [7, 11) is 1.77. The molecule has 0 bridgehead atoms. The minimum Gasteiger partial charge on any atom is -0.337 e. The van der Waals surface area contributed by atoms with Crippen LogP contribution in [0.15, 0.2) is 11.6 Å². The third-order valence-electron chi connectivity index (χ3n) is 2.42. The quantitative estimate of drug-likeness (QED) is 0.796. The van der Waals surface area contributed by atoms with Gasteiger partial charge in [0.15, 0.2) is 0 Å². The Kier molecular flexibility index (Phi) is 2.28. The third kappa shape index (κ3) is 1.78. The second-order valence-electron chi connectivity index (χ2n) is 3.74. The maximum Gasteiger partial charge on any atom is 0.242 e. The van der Waals surface area contributed by atoms with Crippen molar-refractivity contribution in [2.75, 3.05) is 7.05 Å². The van der Waals surface area contributed by atoms with Crippen LogP contribution in [-0.2, 0) is 11.3 Å². The van der Waals surface area contributed by atoms with Gasteiger partial charge in [0.1, 0.15) is 5.01 Å². The first-order chi connectivity index (χ1) is 6.62. The van der Waals surface area contributed by atoms with Crippen molar-refractivity contribution in [3.63, 3.8) is 0 Å². The minimum atomic E-state index is -0.563. The number of aromatic nitrogens is 1. The van der Waals surface area contributed by atoms with E-state index in [2.05, 4.69) is 4.98 Å². The maximum atomic E-state index is 11.7. The van der Waals surface area contributed by atoms with Gasteiger partial charge in [0.25, 0.3) is 0 Å². The fourth-order valence-electron chi connectivity index (χ4n) is 1.33. The average molecular weight is 211 g/mol. The Morgan fingerprint density at radius 3 is 3.00 bits per heavy atom. The van der Waals surface area contributed by atoms with E-state index in [0.29, 0.717) is 6.54 Å². The number of rotatable bonds is 3. The summed E-state index contributed by atoms with van der Waals surface area (Å²) in [5, 5.41) is 2.85. The molecule has 1 fully saturated rings. The van der Waals surface area contributed by atoms with Gasteiger partial charge in [-0.05, 0) is 12.8 Å². The number of carbonyl (C=O) groups is 1. The van der Waals surface area contributed by atoms with Gasteiger partial charge in [-0.2, -0.15) is 0 Å². The van der Waals surface area contributed by atoms with E-state index in [1.807, 2.05) is 5.38 Å². The largest absolute Gasteiger partial charge is 0.337 e. The highest BCUT2D eigenvalue weighted by Gasteiger charge is 2.47. The van der Waals surface area contributed by atoms with Gasteiger partial charge in [-0.1, -0.05) is 0 Å². The van der Waals surface area contributed by atoms with Gasteiger partial charge in [0.05, 0.1) is 12.1 Å². The van der Waals surface area contributed by atoms with Crippen LogP contribution < -0.4 is 5.73 Å². The zero-order valence-corrected chi connectivity index (χ0v) is 8.88. The Bertz CT molecular complexity index is 332. The van der Waals surface area contributed by atoms with E-state index in [1.54, 1.807) is 29.5 Å². The van der Waals surface area contributed by atoms with Crippen LogP contribution in [0.3, 0.4) is 0 Å². The predicted octanol–water partition coefficient (Wildman–Crippen LogP) is 0.593. The minimum absolute atomic E-state index is 0.0349. The standard InChI is InChI=1S/C9H13N3OS/c1-12(6-7-11-4-5-14-7)8(13)9(10)2-3-9/h4-5H,2-3,6,10H2,1H3. The molecule has 0 radical (unpaired) electrons. The lowest BCUT2D eigenvalue weighted by molar-refractivity contribution is -0.132. The summed E-state index contributed by atoms with van der Waals surface area (Å²) < 4.78 is 0. The second kappa shape index (κ2) is 3.33. The summed E-state index contributed by atoms with van der Waals surface area (Å²) in [6, 6.07) is 0. The molecule has 0 unspecified atom stereocenters. The summed E-state index contributed by atoms with van der Waals surface area (Å²) in [4.78, 5) is 17.5. The lowest BCUT2D eigenvalue weighted by Gasteiger charge is -2.19. The molecule has 2 N–H and O–H groups in total. The predicted molar refractivity (Wildman–Crippen MR) is 54.7 cm³/mol. The molecule has 0 aromatic carbocycles. The molecule has 1 saturated carbocycles. The van der Waals surface area contributed by atoms with Crippen LogP contribution in [-0.4, -0.2) is 28.4 Å². The summed E-state index contributed by atoms with van der Waals surface area (Å²) >= 11 is 1.55. The first-order valence-electron chi connectivity index (χ1n) is 4.55. The molecule has 1 heterocycles. The van der Waals surface area contributed by atoms with Gasteiger partial charge in [0.2, 0.25) is 5.91 Å². The molecule has 0 spiro atoms. The van der Waals surface area contributed by atoms with Crippen molar-refractivity contribution in [1.82, 2.24) is 9.88 Å². The van der Waals surface area contributed by atoms with Crippen molar-refractivity contribution in [2.24, 2.45) is 5.73 Å². The average Bonchev–Trinajstić information content (AvgIpc) is 2.71. The molecule has 4 nitrogen and oxygen atoms in total. The van der Waals surface area contributed by atoms with E-state index in [-0.39, 0.29) is 5.91 Å². The van der Waals surface area contributed by atoms with Gasteiger partial charge in [0, 0.05) is 18.6 Å². The molecule has 0 saturated heterocycles. The maximum absolute atomic E-state index is 11.7. The SMILES string of the molecule is CN(Cc1nccs1)C(=O)C1(N)CC1. The molecule has 0 aliphatic heterocycles. The first kappa shape index (κ1) is 9.61. The molecular weight excluding hydrogens is 198 g/mol. The van der Waals surface area contributed by atoms with Gasteiger partial charge in [-0.3, -0.25) is 4.79 Å². The van der Waals surface area contributed by atoms with Crippen molar-refractivity contribution < 1.29 is 4.79 Å². The highest BCUT2D eigenvalue weighted by atomic mass is 32.1. The lowest BCUT2D eigenvalue weighted by Crippen LogP contribution is -2.43. The van der Waals surface area contributed by atoms with Gasteiger partial charge < -0.3 is 10.6 Å². The Labute approximate surface area is 86.7 Å². The molecule has 1 amide bonds. The lowest BCUT2D eigenvalue weighted by atomic mass is 10.2. The number of hydrogen-bond donors (Lipinski definition) is 1. The number of amides is 1. The van der Waals surface area contributed by atoms with Gasteiger partial charge in [-0.25, -0.2) is 4.98 Å². The number of hydrogen-bond acceptors (Lipinski definition) is 4. The second-order valence-corrected chi connectivity index (χ2v) is 4.72. The Morgan fingerprint density at radius 2 is 2.50 bits per heavy atom. The monoisotopic (exact) mass is 211 g/mol. The molecule has 1 aromatic rings. The molecule has 1 aromatic heterocycles. The zero-order chi connectivity index (χ0) is 10.2. The van der Waals surface area contributed by atoms with Crippen LogP contribution in [0.25, 0.3) is 0 Å². The van der Waals surface area contributed by atoms with E-state index in [0.717, 1.165) is 17.8 Å². The highest BCUT2D eigenvalue weighted by molar-refractivity contribution is 7.09.